The van der Waals surface area contributed by atoms with Crippen molar-refractivity contribution in [2.75, 3.05) is 17.0 Å². The Balaban J connectivity index is 1.64. The van der Waals surface area contributed by atoms with Gasteiger partial charge >= 0.3 is 0 Å². The molecule has 0 bridgehead atoms. The van der Waals surface area contributed by atoms with Crippen molar-refractivity contribution in [3.05, 3.63) is 83.4 Å². The molecule has 2 aliphatic rings. The summed E-state index contributed by atoms with van der Waals surface area (Å²) in [6.45, 7) is 2.25. The maximum atomic E-state index is 13.3. The lowest BCUT2D eigenvalue weighted by atomic mass is 10.0. The van der Waals surface area contributed by atoms with Crippen LogP contribution in [-0.2, 0) is 0 Å². The predicted molar refractivity (Wildman–Crippen MR) is 103 cm³/mol. The first-order valence-corrected chi connectivity index (χ1v) is 8.86. The minimum atomic E-state index is -0.343. The monoisotopic (exact) mass is 358 g/mol. The van der Waals surface area contributed by atoms with Gasteiger partial charge in [0.2, 0.25) is 6.79 Å². The van der Waals surface area contributed by atoms with Crippen molar-refractivity contribution in [3.8, 4) is 11.5 Å². The highest BCUT2D eigenvalue weighted by atomic mass is 16.7. The highest BCUT2D eigenvalue weighted by Gasteiger charge is 2.34. The molecule has 2 aliphatic heterocycles. The molecule has 0 fully saturated rings. The van der Waals surface area contributed by atoms with Crippen molar-refractivity contribution in [1.82, 2.24) is 0 Å². The summed E-state index contributed by atoms with van der Waals surface area (Å²) in [6, 6.07) is 21.4. The SMILES string of the molecule is Cc1ccc(N2C(=O)c3ccccc3N[C@H]2c2ccc3c(c2)OCO3)cc1. The van der Waals surface area contributed by atoms with E-state index in [1.54, 1.807) is 4.90 Å². The number of nitrogens with zero attached hydrogens (tertiary/aromatic N) is 1. The lowest BCUT2D eigenvalue weighted by Gasteiger charge is -2.38. The molecule has 3 aromatic rings. The average molecular weight is 358 g/mol. The Labute approximate surface area is 157 Å². The molecule has 0 aliphatic carbocycles. The van der Waals surface area contributed by atoms with Gasteiger partial charge in [-0.2, -0.15) is 0 Å². The minimum Gasteiger partial charge on any atom is -0.454 e. The van der Waals surface area contributed by atoms with E-state index in [1.807, 2.05) is 73.7 Å². The van der Waals surface area contributed by atoms with Crippen LogP contribution in [0.2, 0.25) is 0 Å². The average Bonchev–Trinajstić information content (AvgIpc) is 3.17. The van der Waals surface area contributed by atoms with Crippen LogP contribution in [0, 0.1) is 6.92 Å². The highest BCUT2D eigenvalue weighted by molar-refractivity contribution is 6.12. The Morgan fingerprint density at radius 2 is 1.74 bits per heavy atom. The first kappa shape index (κ1) is 15.8. The summed E-state index contributed by atoms with van der Waals surface area (Å²) in [4.78, 5) is 15.1. The second kappa shape index (κ2) is 6.06. The standard InChI is InChI=1S/C22H18N2O3/c1-14-6-9-16(10-7-14)24-21(15-8-11-19-20(12-15)27-13-26-19)23-18-5-3-2-4-17(18)22(24)25/h2-12,21,23H,13H2,1H3/t21-/m1/s1. The number of anilines is 2. The summed E-state index contributed by atoms with van der Waals surface area (Å²) in [5, 5.41) is 3.51. The molecule has 0 saturated carbocycles. The molecule has 0 spiro atoms. The summed E-state index contributed by atoms with van der Waals surface area (Å²) in [5.74, 6) is 1.39. The molecule has 5 nitrogen and oxygen atoms in total. The van der Waals surface area contributed by atoms with Crippen LogP contribution in [0.5, 0.6) is 11.5 Å². The van der Waals surface area contributed by atoms with Gasteiger partial charge < -0.3 is 14.8 Å². The fourth-order valence-corrected chi connectivity index (χ4v) is 3.54. The first-order valence-electron chi connectivity index (χ1n) is 8.86. The van der Waals surface area contributed by atoms with Crippen molar-refractivity contribution < 1.29 is 14.3 Å². The molecule has 1 amide bonds. The van der Waals surface area contributed by atoms with Crippen LogP contribution in [0.25, 0.3) is 0 Å². The van der Waals surface area contributed by atoms with Crippen molar-refractivity contribution >= 4 is 17.3 Å². The van der Waals surface area contributed by atoms with Gasteiger partial charge in [0, 0.05) is 11.4 Å². The summed E-state index contributed by atoms with van der Waals surface area (Å²) < 4.78 is 10.9. The predicted octanol–water partition coefficient (Wildman–Crippen LogP) is 4.49. The number of para-hydroxylation sites is 1. The number of hydrogen-bond donors (Lipinski definition) is 1. The molecular weight excluding hydrogens is 340 g/mol. The largest absolute Gasteiger partial charge is 0.454 e. The molecule has 134 valence electrons. The van der Waals surface area contributed by atoms with Crippen LogP contribution in [0.15, 0.2) is 66.7 Å². The van der Waals surface area contributed by atoms with E-state index in [4.69, 9.17) is 9.47 Å². The number of rotatable bonds is 2. The number of fused-ring (bicyclic) bond motifs is 2. The summed E-state index contributed by atoms with van der Waals surface area (Å²) in [5.41, 5.74) is 4.41. The molecule has 0 saturated heterocycles. The normalized spacial score (nSPS) is 17.4. The summed E-state index contributed by atoms with van der Waals surface area (Å²) in [7, 11) is 0. The van der Waals surface area contributed by atoms with Crippen LogP contribution in [0.1, 0.15) is 27.7 Å². The highest BCUT2D eigenvalue weighted by Crippen LogP contribution is 2.40. The fraction of sp³-hybridized carbons (Fsp3) is 0.136. The van der Waals surface area contributed by atoms with Gasteiger partial charge in [-0.15, -0.1) is 0 Å². The second-order valence-corrected chi connectivity index (χ2v) is 6.72. The van der Waals surface area contributed by atoms with E-state index in [0.29, 0.717) is 11.3 Å². The van der Waals surface area contributed by atoms with Gasteiger partial charge in [-0.25, -0.2) is 0 Å². The van der Waals surface area contributed by atoms with E-state index in [1.165, 1.54) is 0 Å². The third-order valence-electron chi connectivity index (χ3n) is 4.95. The zero-order chi connectivity index (χ0) is 18.4. The number of amides is 1. The smallest absolute Gasteiger partial charge is 0.262 e. The van der Waals surface area contributed by atoms with Gasteiger partial charge in [0.15, 0.2) is 11.5 Å². The van der Waals surface area contributed by atoms with Crippen molar-refractivity contribution in [1.29, 1.82) is 0 Å². The number of hydrogen-bond acceptors (Lipinski definition) is 4. The number of ether oxygens (including phenoxy) is 2. The Hall–Kier alpha value is -3.47. The van der Waals surface area contributed by atoms with Gasteiger partial charge in [-0.1, -0.05) is 35.9 Å². The molecule has 1 N–H and O–H groups in total. The summed E-state index contributed by atoms with van der Waals surface area (Å²) >= 11 is 0. The van der Waals surface area contributed by atoms with Crippen molar-refractivity contribution in [2.45, 2.75) is 13.1 Å². The van der Waals surface area contributed by atoms with E-state index in [9.17, 15) is 4.79 Å². The topological polar surface area (TPSA) is 50.8 Å². The van der Waals surface area contributed by atoms with E-state index in [2.05, 4.69) is 5.32 Å². The fourth-order valence-electron chi connectivity index (χ4n) is 3.54. The number of carbonyl (C=O) groups is 1. The van der Waals surface area contributed by atoms with E-state index in [-0.39, 0.29) is 18.9 Å². The Kier molecular flexibility index (Phi) is 3.53. The third-order valence-corrected chi connectivity index (χ3v) is 4.95. The third kappa shape index (κ3) is 2.59. The molecule has 0 aromatic heterocycles. The molecular formula is C22H18N2O3. The van der Waals surface area contributed by atoms with Crippen LogP contribution in [0.4, 0.5) is 11.4 Å². The van der Waals surface area contributed by atoms with Gasteiger partial charge in [0.25, 0.3) is 5.91 Å². The van der Waals surface area contributed by atoms with Gasteiger partial charge in [0.1, 0.15) is 6.17 Å². The Morgan fingerprint density at radius 1 is 0.963 bits per heavy atom. The van der Waals surface area contributed by atoms with E-state index < -0.39 is 0 Å². The Morgan fingerprint density at radius 3 is 2.59 bits per heavy atom. The van der Waals surface area contributed by atoms with E-state index >= 15 is 0 Å². The molecule has 3 aromatic carbocycles. The maximum absolute atomic E-state index is 13.3. The second-order valence-electron chi connectivity index (χ2n) is 6.72. The molecule has 5 rings (SSSR count). The number of nitrogens with one attached hydrogen (secondary N) is 1. The summed E-state index contributed by atoms with van der Waals surface area (Å²) in [6.07, 6.45) is -0.343. The lowest BCUT2D eigenvalue weighted by molar-refractivity contribution is 0.0975. The van der Waals surface area contributed by atoms with Crippen LogP contribution in [0.3, 0.4) is 0 Å². The molecule has 5 heteroatoms. The number of aryl methyl sites for hydroxylation is 1. The van der Waals surface area contributed by atoms with Gasteiger partial charge in [-0.3, -0.25) is 9.69 Å². The quantitative estimate of drug-likeness (QED) is 0.733. The van der Waals surface area contributed by atoms with Gasteiger partial charge in [-0.05, 0) is 48.9 Å². The number of carbonyl (C=O) groups excluding carboxylic acids is 1. The zero-order valence-corrected chi connectivity index (χ0v) is 14.8. The van der Waals surface area contributed by atoms with Crippen molar-refractivity contribution in [3.63, 3.8) is 0 Å². The van der Waals surface area contributed by atoms with Crippen LogP contribution < -0.4 is 19.7 Å². The maximum Gasteiger partial charge on any atom is 0.262 e. The van der Waals surface area contributed by atoms with E-state index in [0.717, 1.165) is 28.3 Å². The molecule has 0 radical (unpaired) electrons. The lowest BCUT2D eigenvalue weighted by Crippen LogP contribution is -2.43. The first-order chi connectivity index (χ1) is 13.2. The Bertz CT molecular complexity index is 1030. The van der Waals surface area contributed by atoms with Crippen LogP contribution >= 0.6 is 0 Å². The minimum absolute atomic E-state index is 0.0316. The van der Waals surface area contributed by atoms with Crippen LogP contribution in [-0.4, -0.2) is 12.7 Å². The molecule has 27 heavy (non-hydrogen) atoms. The van der Waals surface area contributed by atoms with Gasteiger partial charge in [0.05, 0.1) is 5.56 Å². The molecule has 2 heterocycles. The number of benzene rings is 3. The van der Waals surface area contributed by atoms with Crippen molar-refractivity contribution in [2.24, 2.45) is 0 Å². The molecule has 1 atom stereocenters. The molecule has 0 unspecified atom stereocenters. The zero-order valence-electron chi connectivity index (χ0n) is 14.8.